The van der Waals surface area contributed by atoms with Crippen molar-refractivity contribution in [1.29, 1.82) is 5.26 Å². The standard InChI is InChI=1S/C10H10ClNO2/c1-2-3-7(6-12)10(13)8-4-5-9(11)14-8/h4-5,7H,2-3H2,1H3. The van der Waals surface area contributed by atoms with Crippen molar-refractivity contribution in [2.45, 2.75) is 19.8 Å². The van der Waals surface area contributed by atoms with Crippen molar-refractivity contribution >= 4 is 17.4 Å². The van der Waals surface area contributed by atoms with E-state index in [1.54, 1.807) is 0 Å². The third-order valence-electron chi connectivity index (χ3n) is 1.87. The number of Topliss-reactive ketones (excluding diaryl/α,β-unsaturated/α-hetero) is 1. The number of rotatable bonds is 4. The van der Waals surface area contributed by atoms with Crippen LogP contribution in [0, 0.1) is 17.2 Å². The van der Waals surface area contributed by atoms with Gasteiger partial charge in [-0.3, -0.25) is 4.79 Å². The zero-order valence-electron chi connectivity index (χ0n) is 7.79. The lowest BCUT2D eigenvalue weighted by Crippen LogP contribution is -2.11. The summed E-state index contributed by atoms with van der Waals surface area (Å²) < 4.78 is 4.94. The summed E-state index contributed by atoms with van der Waals surface area (Å²) in [7, 11) is 0. The minimum atomic E-state index is -0.623. The molecule has 14 heavy (non-hydrogen) atoms. The fraction of sp³-hybridized carbons (Fsp3) is 0.400. The van der Waals surface area contributed by atoms with Gasteiger partial charge in [0.25, 0.3) is 0 Å². The van der Waals surface area contributed by atoms with Crippen LogP contribution >= 0.6 is 11.6 Å². The van der Waals surface area contributed by atoms with E-state index in [4.69, 9.17) is 21.3 Å². The van der Waals surface area contributed by atoms with E-state index in [0.29, 0.717) is 6.42 Å². The number of hydrogen-bond acceptors (Lipinski definition) is 3. The van der Waals surface area contributed by atoms with Gasteiger partial charge in [-0.1, -0.05) is 13.3 Å². The lowest BCUT2D eigenvalue weighted by Gasteiger charge is -2.02. The van der Waals surface area contributed by atoms with E-state index in [1.165, 1.54) is 12.1 Å². The summed E-state index contributed by atoms with van der Waals surface area (Å²) in [5, 5.41) is 8.92. The van der Waals surface area contributed by atoms with E-state index in [2.05, 4.69) is 0 Å². The predicted octanol–water partition coefficient (Wildman–Crippen LogP) is 3.06. The molecule has 74 valence electrons. The molecule has 1 heterocycles. The highest BCUT2D eigenvalue weighted by atomic mass is 35.5. The van der Waals surface area contributed by atoms with Gasteiger partial charge < -0.3 is 4.42 Å². The molecule has 0 radical (unpaired) electrons. The van der Waals surface area contributed by atoms with Crippen molar-refractivity contribution in [3.63, 3.8) is 0 Å². The Morgan fingerprint density at radius 2 is 2.43 bits per heavy atom. The molecule has 0 fully saturated rings. The quantitative estimate of drug-likeness (QED) is 0.720. The third kappa shape index (κ3) is 2.36. The molecule has 0 saturated heterocycles. The molecule has 0 spiro atoms. The summed E-state index contributed by atoms with van der Waals surface area (Å²) in [6, 6.07) is 4.94. The lowest BCUT2D eigenvalue weighted by atomic mass is 9.99. The largest absolute Gasteiger partial charge is 0.442 e. The Balaban J connectivity index is 2.79. The molecule has 0 aliphatic heterocycles. The maximum absolute atomic E-state index is 11.6. The average molecular weight is 212 g/mol. The third-order valence-corrected chi connectivity index (χ3v) is 2.07. The number of ketones is 1. The smallest absolute Gasteiger partial charge is 0.215 e. The second kappa shape index (κ2) is 4.83. The molecule has 1 aromatic heterocycles. The first kappa shape index (κ1) is 10.8. The summed E-state index contributed by atoms with van der Waals surface area (Å²) in [6.45, 7) is 1.92. The van der Waals surface area contributed by atoms with Gasteiger partial charge in [0.2, 0.25) is 5.78 Å². The van der Waals surface area contributed by atoms with Gasteiger partial charge >= 0.3 is 0 Å². The number of furan rings is 1. The molecular formula is C10H10ClNO2. The van der Waals surface area contributed by atoms with Gasteiger partial charge in [-0.05, 0) is 30.2 Å². The van der Waals surface area contributed by atoms with E-state index < -0.39 is 5.92 Å². The second-order valence-corrected chi connectivity index (χ2v) is 3.31. The fourth-order valence-electron chi connectivity index (χ4n) is 1.16. The van der Waals surface area contributed by atoms with Crippen LogP contribution in [0.4, 0.5) is 0 Å². The molecule has 0 aliphatic rings. The Morgan fingerprint density at radius 3 is 2.86 bits per heavy atom. The Morgan fingerprint density at radius 1 is 1.71 bits per heavy atom. The molecule has 1 atom stereocenters. The van der Waals surface area contributed by atoms with Gasteiger partial charge in [-0.15, -0.1) is 0 Å². The number of carbonyl (C=O) groups is 1. The van der Waals surface area contributed by atoms with Gasteiger partial charge in [0.15, 0.2) is 11.0 Å². The van der Waals surface area contributed by atoms with E-state index in [9.17, 15) is 4.79 Å². The molecule has 0 aromatic carbocycles. The Kier molecular flexibility index (Phi) is 3.73. The fourth-order valence-corrected chi connectivity index (χ4v) is 1.31. The molecule has 0 N–H and O–H groups in total. The van der Waals surface area contributed by atoms with Crippen LogP contribution < -0.4 is 0 Å². The highest BCUT2D eigenvalue weighted by Crippen LogP contribution is 2.18. The van der Waals surface area contributed by atoms with Crippen LogP contribution in [0.25, 0.3) is 0 Å². The monoisotopic (exact) mass is 211 g/mol. The first-order valence-corrected chi connectivity index (χ1v) is 4.76. The zero-order valence-corrected chi connectivity index (χ0v) is 8.54. The van der Waals surface area contributed by atoms with Crippen molar-refractivity contribution in [1.82, 2.24) is 0 Å². The number of nitrogens with zero attached hydrogens (tertiary/aromatic N) is 1. The molecular weight excluding hydrogens is 202 g/mol. The zero-order chi connectivity index (χ0) is 10.6. The van der Waals surface area contributed by atoms with Crippen LogP contribution in [0.1, 0.15) is 30.3 Å². The number of carbonyl (C=O) groups excluding carboxylic acids is 1. The van der Waals surface area contributed by atoms with Crippen molar-refractivity contribution in [2.24, 2.45) is 5.92 Å². The topological polar surface area (TPSA) is 54.0 Å². The minimum Gasteiger partial charge on any atom is -0.442 e. The van der Waals surface area contributed by atoms with Gasteiger partial charge in [0, 0.05) is 0 Å². The van der Waals surface area contributed by atoms with Crippen molar-refractivity contribution in [3.05, 3.63) is 23.1 Å². The van der Waals surface area contributed by atoms with Crippen molar-refractivity contribution < 1.29 is 9.21 Å². The average Bonchev–Trinajstić information content (AvgIpc) is 2.60. The Bertz CT molecular complexity index is 364. The minimum absolute atomic E-state index is 0.162. The maximum atomic E-state index is 11.6. The van der Waals surface area contributed by atoms with Gasteiger partial charge in [-0.2, -0.15) is 5.26 Å². The predicted molar refractivity (Wildman–Crippen MR) is 52.1 cm³/mol. The van der Waals surface area contributed by atoms with E-state index in [-0.39, 0.29) is 16.8 Å². The van der Waals surface area contributed by atoms with Crippen LogP contribution in [0.2, 0.25) is 5.22 Å². The molecule has 0 aliphatic carbocycles. The van der Waals surface area contributed by atoms with Gasteiger partial charge in [0.05, 0.1) is 6.07 Å². The van der Waals surface area contributed by atoms with E-state index in [1.807, 2.05) is 13.0 Å². The summed E-state index contributed by atoms with van der Waals surface area (Å²) in [5.74, 6) is -0.751. The molecule has 0 amide bonds. The lowest BCUT2D eigenvalue weighted by molar-refractivity contribution is 0.0916. The highest BCUT2D eigenvalue weighted by molar-refractivity contribution is 6.29. The summed E-state index contributed by atoms with van der Waals surface area (Å²) in [4.78, 5) is 11.6. The number of hydrogen-bond donors (Lipinski definition) is 0. The van der Waals surface area contributed by atoms with E-state index >= 15 is 0 Å². The first-order chi connectivity index (χ1) is 6.69. The van der Waals surface area contributed by atoms with Crippen LogP contribution in [0.3, 0.4) is 0 Å². The van der Waals surface area contributed by atoms with Crippen molar-refractivity contribution in [2.75, 3.05) is 0 Å². The SMILES string of the molecule is CCCC(C#N)C(=O)c1ccc(Cl)o1. The van der Waals surface area contributed by atoms with Gasteiger partial charge in [0.1, 0.15) is 5.92 Å². The summed E-state index contributed by atoms with van der Waals surface area (Å²) in [6.07, 6.45) is 1.34. The van der Waals surface area contributed by atoms with Crippen LogP contribution in [0.15, 0.2) is 16.5 Å². The van der Waals surface area contributed by atoms with Crippen LogP contribution in [-0.4, -0.2) is 5.78 Å². The first-order valence-electron chi connectivity index (χ1n) is 4.38. The summed E-state index contributed by atoms with van der Waals surface area (Å²) >= 11 is 5.53. The Hall–Kier alpha value is -1.27. The maximum Gasteiger partial charge on any atom is 0.215 e. The molecule has 3 nitrogen and oxygen atoms in total. The highest BCUT2D eigenvalue weighted by Gasteiger charge is 2.21. The second-order valence-electron chi connectivity index (χ2n) is 2.94. The van der Waals surface area contributed by atoms with Crippen LogP contribution in [0.5, 0.6) is 0 Å². The van der Waals surface area contributed by atoms with Crippen LogP contribution in [-0.2, 0) is 0 Å². The van der Waals surface area contributed by atoms with Gasteiger partial charge in [-0.25, -0.2) is 0 Å². The van der Waals surface area contributed by atoms with Crippen molar-refractivity contribution in [3.8, 4) is 6.07 Å². The van der Waals surface area contributed by atoms with E-state index in [0.717, 1.165) is 6.42 Å². The molecule has 4 heteroatoms. The number of nitriles is 1. The Labute approximate surface area is 87.3 Å². The molecule has 0 saturated carbocycles. The summed E-state index contributed by atoms with van der Waals surface area (Å²) in [5.41, 5.74) is 0. The molecule has 1 aromatic rings. The molecule has 1 rings (SSSR count). The normalized spacial score (nSPS) is 12.1. The molecule has 1 unspecified atom stereocenters. The number of halogens is 1. The molecule has 0 bridgehead atoms.